The van der Waals surface area contributed by atoms with Gasteiger partial charge in [0.2, 0.25) is 17.7 Å². The van der Waals surface area contributed by atoms with Gasteiger partial charge in [-0.2, -0.15) is 0 Å². The van der Waals surface area contributed by atoms with E-state index in [1.807, 2.05) is 17.0 Å². The minimum absolute atomic E-state index is 0.0331. The van der Waals surface area contributed by atoms with E-state index in [0.717, 1.165) is 64.1 Å². The van der Waals surface area contributed by atoms with E-state index in [1.165, 1.54) is 19.1 Å². The van der Waals surface area contributed by atoms with Gasteiger partial charge in [0.1, 0.15) is 11.9 Å². The summed E-state index contributed by atoms with van der Waals surface area (Å²) in [6.45, 7) is 8.07. The molecule has 0 unspecified atom stereocenters. The van der Waals surface area contributed by atoms with Crippen LogP contribution < -0.4 is 10.2 Å². The van der Waals surface area contributed by atoms with E-state index in [2.05, 4.69) is 15.1 Å². The predicted octanol–water partition coefficient (Wildman–Crippen LogP) is 1.85. The van der Waals surface area contributed by atoms with Crippen LogP contribution in [-0.2, 0) is 14.4 Å². The Labute approximate surface area is 212 Å². The van der Waals surface area contributed by atoms with Crippen LogP contribution in [0.15, 0.2) is 24.3 Å². The van der Waals surface area contributed by atoms with Crippen molar-refractivity contribution in [3.63, 3.8) is 0 Å². The van der Waals surface area contributed by atoms with Gasteiger partial charge in [-0.3, -0.25) is 19.3 Å². The first-order valence-electron chi connectivity index (χ1n) is 13.4. The number of piperidine rings is 1. The molecule has 0 bridgehead atoms. The Balaban J connectivity index is 1.07. The molecule has 1 aromatic rings. The number of benzene rings is 1. The van der Waals surface area contributed by atoms with Gasteiger partial charge in [0.05, 0.1) is 5.41 Å². The van der Waals surface area contributed by atoms with E-state index in [1.54, 1.807) is 4.90 Å². The maximum atomic E-state index is 13.2. The highest BCUT2D eigenvalue weighted by Crippen LogP contribution is 2.41. The molecule has 36 heavy (non-hydrogen) atoms. The Bertz CT molecular complexity index is 970. The maximum Gasteiger partial charge on any atom is 0.245 e. The zero-order valence-corrected chi connectivity index (χ0v) is 21.3. The van der Waals surface area contributed by atoms with Crippen molar-refractivity contribution in [2.45, 2.75) is 57.5 Å². The molecular formula is C27H38FN5O3. The molecule has 4 aliphatic heterocycles. The molecule has 0 radical (unpaired) electrons. The minimum atomic E-state index is -0.362. The fourth-order valence-corrected chi connectivity index (χ4v) is 6.55. The molecule has 0 aromatic heterocycles. The highest BCUT2D eigenvalue weighted by atomic mass is 19.1. The second-order valence-corrected chi connectivity index (χ2v) is 10.9. The molecule has 3 amide bonds. The van der Waals surface area contributed by atoms with Gasteiger partial charge in [0.15, 0.2) is 0 Å². The predicted molar refractivity (Wildman–Crippen MR) is 135 cm³/mol. The number of carbonyl (C=O) groups excluding carboxylic acids is 3. The van der Waals surface area contributed by atoms with Gasteiger partial charge < -0.3 is 20.0 Å². The van der Waals surface area contributed by atoms with Crippen molar-refractivity contribution < 1.29 is 18.8 Å². The van der Waals surface area contributed by atoms with Crippen LogP contribution in [0.25, 0.3) is 0 Å². The zero-order chi connectivity index (χ0) is 25.3. The molecular weight excluding hydrogens is 461 g/mol. The third-order valence-corrected chi connectivity index (χ3v) is 8.79. The van der Waals surface area contributed by atoms with Crippen LogP contribution in [0.4, 0.5) is 10.1 Å². The van der Waals surface area contributed by atoms with Crippen LogP contribution in [-0.4, -0.2) is 96.9 Å². The third-order valence-electron chi connectivity index (χ3n) is 8.79. The molecule has 8 nitrogen and oxygen atoms in total. The first-order valence-corrected chi connectivity index (χ1v) is 13.4. The van der Waals surface area contributed by atoms with E-state index in [4.69, 9.17) is 0 Å². The second kappa shape index (κ2) is 10.4. The maximum absolute atomic E-state index is 13.2. The average molecular weight is 500 g/mol. The monoisotopic (exact) mass is 499 g/mol. The Kier molecular flexibility index (Phi) is 7.19. The first-order chi connectivity index (χ1) is 17.3. The number of nitrogens with zero attached hydrogens (tertiary/aromatic N) is 4. The summed E-state index contributed by atoms with van der Waals surface area (Å²) in [6, 6.07) is 6.55. The Morgan fingerprint density at radius 3 is 2.39 bits per heavy atom. The lowest BCUT2D eigenvalue weighted by Crippen LogP contribution is -2.52. The topological polar surface area (TPSA) is 76.2 Å². The highest BCUT2D eigenvalue weighted by molar-refractivity contribution is 5.89. The number of piperazine rings is 1. The van der Waals surface area contributed by atoms with Crippen molar-refractivity contribution in [1.82, 2.24) is 20.0 Å². The van der Waals surface area contributed by atoms with Gasteiger partial charge in [-0.25, -0.2) is 4.39 Å². The lowest BCUT2D eigenvalue weighted by molar-refractivity contribution is -0.145. The SMILES string of the molecule is CC(=O)N1CCC[C@H]1C(=O)N1CCC2(CC1)C[C@H](CCN1CCN(c3ccc(F)cc3)CC1)NC2=O. The number of rotatable bonds is 5. The van der Waals surface area contributed by atoms with Crippen LogP contribution in [0.1, 0.15) is 45.4 Å². The molecule has 4 heterocycles. The molecule has 5 rings (SSSR count). The molecule has 1 N–H and O–H groups in total. The molecule has 1 aromatic carbocycles. The van der Waals surface area contributed by atoms with Crippen LogP contribution in [0, 0.1) is 11.2 Å². The molecule has 4 aliphatic rings. The van der Waals surface area contributed by atoms with E-state index < -0.39 is 0 Å². The lowest BCUT2D eigenvalue weighted by atomic mass is 9.75. The lowest BCUT2D eigenvalue weighted by Gasteiger charge is -2.39. The molecule has 9 heteroatoms. The second-order valence-electron chi connectivity index (χ2n) is 10.9. The fourth-order valence-electron chi connectivity index (χ4n) is 6.55. The smallest absolute Gasteiger partial charge is 0.245 e. The molecule has 4 saturated heterocycles. The Hall–Kier alpha value is -2.68. The van der Waals surface area contributed by atoms with Crippen LogP contribution in [0.5, 0.6) is 0 Å². The number of nitrogens with one attached hydrogen (secondary N) is 1. The summed E-state index contributed by atoms with van der Waals surface area (Å²) in [5.41, 5.74) is 0.700. The van der Waals surface area contributed by atoms with Crippen molar-refractivity contribution >= 4 is 23.4 Å². The summed E-state index contributed by atoms with van der Waals surface area (Å²) in [6.07, 6.45) is 4.78. The number of halogens is 1. The van der Waals surface area contributed by atoms with Gasteiger partial charge in [0, 0.05) is 71.0 Å². The van der Waals surface area contributed by atoms with Crippen molar-refractivity contribution in [2.24, 2.45) is 5.41 Å². The number of hydrogen-bond donors (Lipinski definition) is 1. The summed E-state index contributed by atoms with van der Waals surface area (Å²) in [5.74, 6) is -0.0482. The first kappa shape index (κ1) is 25.0. The van der Waals surface area contributed by atoms with Crippen LogP contribution >= 0.6 is 0 Å². The van der Waals surface area contributed by atoms with Crippen LogP contribution in [0.2, 0.25) is 0 Å². The van der Waals surface area contributed by atoms with Gasteiger partial charge >= 0.3 is 0 Å². The van der Waals surface area contributed by atoms with Crippen molar-refractivity contribution in [1.29, 1.82) is 0 Å². The van der Waals surface area contributed by atoms with Gasteiger partial charge in [-0.1, -0.05) is 0 Å². The molecule has 1 spiro atoms. The minimum Gasteiger partial charge on any atom is -0.369 e. The number of amides is 3. The van der Waals surface area contributed by atoms with Crippen molar-refractivity contribution in [2.75, 3.05) is 57.3 Å². The van der Waals surface area contributed by atoms with E-state index in [-0.39, 0.29) is 41.0 Å². The fraction of sp³-hybridized carbons (Fsp3) is 0.667. The molecule has 0 aliphatic carbocycles. The number of hydrogen-bond acceptors (Lipinski definition) is 5. The quantitative estimate of drug-likeness (QED) is 0.669. The Morgan fingerprint density at radius 1 is 1.03 bits per heavy atom. The van der Waals surface area contributed by atoms with Crippen LogP contribution in [0.3, 0.4) is 0 Å². The van der Waals surface area contributed by atoms with E-state index in [9.17, 15) is 18.8 Å². The summed E-state index contributed by atoms with van der Waals surface area (Å²) >= 11 is 0. The number of carbonyl (C=O) groups is 3. The van der Waals surface area contributed by atoms with Gasteiger partial charge in [0.25, 0.3) is 0 Å². The standard InChI is InChI=1S/C27H38FN5O3/c1-20(34)33-11-2-3-24(33)25(35)32-13-9-27(10-14-32)19-22(29-26(27)36)8-12-30-15-17-31(18-16-30)23-6-4-21(28)5-7-23/h4-7,22,24H,2-3,8-19H2,1H3,(H,29,36)/t22-,24-/m0/s1. The third kappa shape index (κ3) is 5.08. The Morgan fingerprint density at radius 2 is 1.72 bits per heavy atom. The average Bonchev–Trinajstić information content (AvgIpc) is 3.49. The van der Waals surface area contributed by atoms with Crippen molar-refractivity contribution in [3.8, 4) is 0 Å². The highest BCUT2D eigenvalue weighted by Gasteiger charge is 2.49. The van der Waals surface area contributed by atoms with E-state index >= 15 is 0 Å². The van der Waals surface area contributed by atoms with Gasteiger partial charge in [-0.15, -0.1) is 0 Å². The molecule has 2 atom stereocenters. The molecule has 0 saturated carbocycles. The summed E-state index contributed by atoms with van der Waals surface area (Å²) in [4.78, 5) is 46.3. The summed E-state index contributed by atoms with van der Waals surface area (Å²) < 4.78 is 13.2. The van der Waals surface area contributed by atoms with Crippen molar-refractivity contribution in [3.05, 3.63) is 30.1 Å². The summed E-state index contributed by atoms with van der Waals surface area (Å²) in [7, 11) is 0. The number of likely N-dealkylation sites (tertiary alicyclic amines) is 2. The number of anilines is 1. The van der Waals surface area contributed by atoms with Gasteiger partial charge in [-0.05, 0) is 62.8 Å². The molecule has 4 fully saturated rings. The largest absolute Gasteiger partial charge is 0.369 e. The zero-order valence-electron chi connectivity index (χ0n) is 21.3. The van der Waals surface area contributed by atoms with E-state index in [0.29, 0.717) is 32.5 Å². The summed E-state index contributed by atoms with van der Waals surface area (Å²) in [5, 5.41) is 3.25. The normalized spacial score (nSPS) is 26.5. The molecule has 196 valence electrons.